The van der Waals surface area contributed by atoms with E-state index in [0.717, 1.165) is 12.1 Å². The van der Waals surface area contributed by atoms with E-state index in [0.29, 0.717) is 5.56 Å². The summed E-state index contributed by atoms with van der Waals surface area (Å²) in [7, 11) is 0. The summed E-state index contributed by atoms with van der Waals surface area (Å²) < 4.78 is 70.1. The van der Waals surface area contributed by atoms with Crippen molar-refractivity contribution in [3.8, 4) is 17.6 Å². The van der Waals surface area contributed by atoms with Crippen LogP contribution < -0.4 is 4.74 Å². The van der Waals surface area contributed by atoms with Crippen molar-refractivity contribution in [1.82, 2.24) is 0 Å². The molecular formula is C19H12BrF4NO3S. The number of fused-ring (bicyclic) bond motifs is 2. The lowest BCUT2D eigenvalue weighted by atomic mass is 10.1. The number of halogens is 5. The van der Waals surface area contributed by atoms with Crippen LogP contribution in [0.3, 0.4) is 0 Å². The molecule has 0 N–H and O–H groups in total. The van der Waals surface area contributed by atoms with Crippen LogP contribution in [0.4, 0.5) is 17.6 Å². The largest absolute Gasteiger partial charge is 0.456 e. The molecular weight excluding hydrogens is 478 g/mol. The van der Waals surface area contributed by atoms with Gasteiger partial charge in [-0.05, 0) is 42.1 Å². The molecule has 1 saturated heterocycles. The van der Waals surface area contributed by atoms with E-state index in [1.807, 2.05) is 6.07 Å². The zero-order valence-corrected chi connectivity index (χ0v) is 17.0. The van der Waals surface area contributed by atoms with Crippen molar-refractivity contribution in [3.63, 3.8) is 0 Å². The Labute approximate surface area is 175 Å². The summed E-state index contributed by atoms with van der Waals surface area (Å²) in [6, 6.07) is 8.01. The number of nitrogens with zero attached hydrogens (tertiary/aromatic N) is 1. The summed E-state index contributed by atoms with van der Waals surface area (Å²) >= 11 is 3.25. The molecule has 1 unspecified atom stereocenters. The van der Waals surface area contributed by atoms with E-state index in [4.69, 9.17) is 14.2 Å². The normalized spacial score (nSPS) is 19.9. The Morgan fingerprint density at radius 1 is 1.17 bits per heavy atom. The second-order valence-electron chi connectivity index (χ2n) is 6.37. The highest BCUT2D eigenvalue weighted by molar-refractivity contribution is 9.09. The van der Waals surface area contributed by atoms with Gasteiger partial charge < -0.3 is 14.2 Å². The van der Waals surface area contributed by atoms with Crippen LogP contribution in [0, 0.1) is 17.1 Å². The van der Waals surface area contributed by atoms with Gasteiger partial charge in [0, 0.05) is 27.3 Å². The minimum atomic E-state index is -4.49. The molecule has 0 radical (unpaired) electrons. The van der Waals surface area contributed by atoms with Crippen molar-refractivity contribution in [2.75, 3.05) is 13.2 Å². The van der Waals surface area contributed by atoms with Crippen LogP contribution in [0.15, 0.2) is 35.2 Å². The molecule has 29 heavy (non-hydrogen) atoms. The molecule has 2 aliphatic rings. The first kappa shape index (κ1) is 20.5. The average Bonchev–Trinajstić information content (AvgIpc) is 3.22. The fourth-order valence-corrected chi connectivity index (χ4v) is 5.17. The molecule has 1 aliphatic heterocycles. The van der Waals surface area contributed by atoms with Gasteiger partial charge in [-0.15, -0.1) is 0 Å². The van der Waals surface area contributed by atoms with Gasteiger partial charge in [0.25, 0.3) is 0 Å². The van der Waals surface area contributed by atoms with E-state index in [9.17, 15) is 22.8 Å². The average molecular weight is 490 g/mol. The predicted octanol–water partition coefficient (Wildman–Crippen LogP) is 6.14. The molecule has 152 valence electrons. The molecule has 1 spiro atoms. The second kappa shape index (κ2) is 7.47. The van der Waals surface area contributed by atoms with E-state index in [1.54, 1.807) is 0 Å². The number of hydrogen-bond acceptors (Lipinski definition) is 5. The number of nitriles is 1. The third-order valence-electron chi connectivity index (χ3n) is 4.57. The van der Waals surface area contributed by atoms with Gasteiger partial charge in [0.2, 0.25) is 0 Å². The maximum Gasteiger partial charge on any atom is 0.446 e. The quantitative estimate of drug-likeness (QED) is 0.294. The molecule has 0 bridgehead atoms. The Balaban J connectivity index is 1.84. The van der Waals surface area contributed by atoms with E-state index in [1.165, 1.54) is 18.2 Å². The molecule has 1 fully saturated rings. The zero-order valence-electron chi connectivity index (χ0n) is 14.6. The molecule has 1 aliphatic carbocycles. The molecule has 1 atom stereocenters. The number of benzene rings is 2. The van der Waals surface area contributed by atoms with Gasteiger partial charge in [-0.3, -0.25) is 0 Å². The number of rotatable bonds is 3. The Morgan fingerprint density at radius 3 is 2.52 bits per heavy atom. The first-order valence-electron chi connectivity index (χ1n) is 8.45. The van der Waals surface area contributed by atoms with Crippen LogP contribution in [0.25, 0.3) is 0 Å². The Morgan fingerprint density at radius 2 is 1.86 bits per heavy atom. The monoisotopic (exact) mass is 489 g/mol. The first-order valence-corrected chi connectivity index (χ1v) is 10.2. The maximum absolute atomic E-state index is 13.4. The topological polar surface area (TPSA) is 51.5 Å². The summed E-state index contributed by atoms with van der Waals surface area (Å²) in [6.45, 7) is 0.522. The van der Waals surface area contributed by atoms with E-state index in [-0.39, 0.29) is 58.9 Å². The summed E-state index contributed by atoms with van der Waals surface area (Å²) in [4.78, 5) is -0.436. The van der Waals surface area contributed by atoms with Gasteiger partial charge in [0.1, 0.15) is 23.4 Å². The molecule has 0 saturated carbocycles. The van der Waals surface area contributed by atoms with E-state index >= 15 is 0 Å². The summed E-state index contributed by atoms with van der Waals surface area (Å²) in [5.74, 6) is -1.55. The maximum atomic E-state index is 13.4. The highest BCUT2D eigenvalue weighted by atomic mass is 79.9. The molecule has 0 aromatic heterocycles. The standard InChI is InChI=1S/C19H12BrF4NO3S/c20-12-8-18(26-5-6-27-18)17-15(29-19(22,23)24)4-3-14(16(12)17)28-13-2-1-11(21)7-10(13)9-25/h1-4,7,12H,5-6,8H2. The zero-order chi connectivity index (χ0) is 20.8. The summed E-state index contributed by atoms with van der Waals surface area (Å²) in [5, 5.41) is 9.23. The van der Waals surface area contributed by atoms with Gasteiger partial charge in [-0.25, -0.2) is 4.39 Å². The van der Waals surface area contributed by atoms with Crippen LogP contribution in [0.1, 0.15) is 27.9 Å². The molecule has 1 heterocycles. The van der Waals surface area contributed by atoms with Crippen LogP contribution >= 0.6 is 27.7 Å². The van der Waals surface area contributed by atoms with Crippen LogP contribution in [0.2, 0.25) is 0 Å². The van der Waals surface area contributed by atoms with Crippen molar-refractivity contribution < 1.29 is 31.8 Å². The van der Waals surface area contributed by atoms with Crippen LogP contribution in [0.5, 0.6) is 11.5 Å². The van der Waals surface area contributed by atoms with Gasteiger partial charge in [-0.1, -0.05) is 15.9 Å². The summed E-state index contributed by atoms with van der Waals surface area (Å²) in [6.07, 6.45) is 0.267. The molecule has 4 rings (SSSR count). The Kier molecular flexibility index (Phi) is 5.27. The van der Waals surface area contributed by atoms with E-state index < -0.39 is 21.9 Å². The van der Waals surface area contributed by atoms with Gasteiger partial charge in [0.05, 0.1) is 18.8 Å². The smallest absolute Gasteiger partial charge is 0.446 e. The minimum Gasteiger partial charge on any atom is -0.456 e. The fourth-order valence-electron chi connectivity index (χ4n) is 3.54. The Bertz CT molecular complexity index is 1000. The third-order valence-corrected chi connectivity index (χ3v) is 6.14. The minimum absolute atomic E-state index is 0.0281. The number of thioether (sulfide) groups is 1. The van der Waals surface area contributed by atoms with Gasteiger partial charge in [-0.2, -0.15) is 18.4 Å². The first-order chi connectivity index (χ1) is 13.7. The second-order valence-corrected chi connectivity index (χ2v) is 8.59. The lowest BCUT2D eigenvalue weighted by Crippen LogP contribution is -2.24. The lowest BCUT2D eigenvalue weighted by molar-refractivity contribution is -0.164. The molecule has 2 aromatic carbocycles. The van der Waals surface area contributed by atoms with Crippen LogP contribution in [-0.2, 0) is 15.3 Å². The van der Waals surface area contributed by atoms with Crippen molar-refractivity contribution >= 4 is 27.7 Å². The van der Waals surface area contributed by atoms with Crippen molar-refractivity contribution in [2.45, 2.75) is 27.4 Å². The number of ether oxygens (including phenoxy) is 3. The van der Waals surface area contributed by atoms with Crippen molar-refractivity contribution in [2.24, 2.45) is 0 Å². The third kappa shape index (κ3) is 3.84. The molecule has 4 nitrogen and oxygen atoms in total. The van der Waals surface area contributed by atoms with Gasteiger partial charge >= 0.3 is 5.51 Å². The SMILES string of the molecule is N#Cc1cc(F)ccc1Oc1ccc(SC(F)(F)F)c2c1C(Br)CC21OCCO1. The fraction of sp³-hybridized carbons (Fsp3) is 0.316. The summed E-state index contributed by atoms with van der Waals surface area (Å²) in [5.41, 5.74) is -3.81. The van der Waals surface area contributed by atoms with Crippen molar-refractivity contribution in [1.29, 1.82) is 5.26 Å². The Hall–Kier alpha value is -1.80. The highest BCUT2D eigenvalue weighted by Crippen LogP contribution is 2.59. The van der Waals surface area contributed by atoms with Crippen molar-refractivity contribution in [3.05, 3.63) is 52.8 Å². The van der Waals surface area contributed by atoms with Gasteiger partial charge in [0.15, 0.2) is 5.79 Å². The molecule has 10 heteroatoms. The van der Waals surface area contributed by atoms with Crippen LogP contribution in [-0.4, -0.2) is 18.7 Å². The number of alkyl halides is 4. The van der Waals surface area contributed by atoms with E-state index in [2.05, 4.69) is 15.9 Å². The highest BCUT2D eigenvalue weighted by Gasteiger charge is 2.52. The lowest BCUT2D eigenvalue weighted by Gasteiger charge is -2.25. The predicted molar refractivity (Wildman–Crippen MR) is 99.4 cm³/mol. The number of hydrogen-bond donors (Lipinski definition) is 0. The molecule has 2 aromatic rings. The molecule has 0 amide bonds.